The number of carbonyl (C=O) groups is 1. The molecule has 55 heavy (non-hydrogen) atoms. The van der Waals surface area contributed by atoms with Crippen molar-refractivity contribution in [3.63, 3.8) is 0 Å². The highest BCUT2D eigenvalue weighted by Gasteiger charge is 2.20. The van der Waals surface area contributed by atoms with E-state index in [2.05, 4.69) is 36.2 Å². The lowest BCUT2D eigenvalue weighted by atomic mass is 10.0. The summed E-state index contributed by atoms with van der Waals surface area (Å²) in [5, 5.41) is 2.99. The second kappa shape index (κ2) is 36.3. The Morgan fingerprint density at radius 2 is 0.982 bits per heavy atom. The van der Waals surface area contributed by atoms with E-state index in [-0.39, 0.29) is 18.3 Å². The third kappa shape index (κ3) is 28.1. The van der Waals surface area contributed by atoms with Crippen molar-refractivity contribution in [2.75, 3.05) is 46.4 Å². The van der Waals surface area contributed by atoms with Crippen molar-refractivity contribution in [1.29, 1.82) is 0 Å². The third-order valence-corrected chi connectivity index (χ3v) is 11.4. The van der Waals surface area contributed by atoms with Crippen LogP contribution in [0.1, 0.15) is 204 Å². The summed E-state index contributed by atoms with van der Waals surface area (Å²) in [5.41, 5.74) is 2.12. The number of rotatable bonds is 38. The van der Waals surface area contributed by atoms with Crippen LogP contribution in [0.2, 0.25) is 0 Å². The van der Waals surface area contributed by atoms with Gasteiger partial charge in [0, 0.05) is 18.9 Å². The smallest absolute Gasteiger partial charge is 0.252 e. The van der Waals surface area contributed by atoms with E-state index in [4.69, 9.17) is 4.74 Å². The lowest BCUT2D eigenvalue weighted by molar-refractivity contribution is -0.910. The summed E-state index contributed by atoms with van der Waals surface area (Å²) in [6, 6.07) is 9.40. The van der Waals surface area contributed by atoms with Crippen molar-refractivity contribution in [3.05, 3.63) is 48.3 Å². The number of quaternary nitrogens is 1. The molecule has 0 aliphatic heterocycles. The van der Waals surface area contributed by atoms with Crippen molar-refractivity contribution < 1.29 is 26.4 Å². The van der Waals surface area contributed by atoms with E-state index in [1.807, 2.05) is 30.3 Å². The van der Waals surface area contributed by atoms with Crippen molar-refractivity contribution in [1.82, 2.24) is 15.3 Å². The summed E-state index contributed by atoms with van der Waals surface area (Å²) in [6.07, 6.45) is 42.7. The fourth-order valence-corrected chi connectivity index (χ4v) is 7.63. The normalized spacial score (nSPS) is 11.5. The molecule has 0 fully saturated rings. The van der Waals surface area contributed by atoms with Gasteiger partial charge in [-0.1, -0.05) is 174 Å². The number of hydrogen-bond donors (Lipinski definition) is 1. The Labute approximate surface area is 346 Å². The number of unbranched alkanes of at least 4 members (excludes halogenated alkanes) is 26. The number of pyridine rings is 2. The predicted octanol–water partition coefficient (Wildman–Crippen LogP) is 10.3. The van der Waals surface area contributed by atoms with Gasteiger partial charge in [-0.3, -0.25) is 14.8 Å². The number of amides is 1. The molecule has 0 spiro atoms. The summed E-state index contributed by atoms with van der Waals surface area (Å²) >= 11 is 0. The Balaban J connectivity index is 0.0000151. The van der Waals surface area contributed by atoms with Crippen LogP contribution in [-0.4, -0.2) is 66.8 Å². The lowest BCUT2D eigenvalue weighted by Gasteiger charge is -2.35. The Kier molecular flexibility index (Phi) is 33.7. The van der Waals surface area contributed by atoms with E-state index < -0.39 is 0 Å². The Morgan fingerprint density at radius 3 is 1.38 bits per heavy atom. The minimum atomic E-state index is -0.116. The number of nitrogens with one attached hydrogen (secondary N) is 1. The molecule has 6 nitrogen and oxygen atoms in total. The van der Waals surface area contributed by atoms with Gasteiger partial charge < -0.3 is 26.9 Å². The molecular formula is C48H85ClN4O2. The van der Waals surface area contributed by atoms with Crippen LogP contribution in [-0.2, 0) is 4.74 Å². The standard InChI is InChI=1S/C48H84N4O2.ClH/c1-4-6-8-10-12-14-16-18-20-22-24-26-28-32-39-52(3,40-33-29-27-25-23-21-19-17-15-13-11-9-7-5-2)41-43-54-42-38-50-48(53)45-35-36-47(51-44-45)46-34-30-31-37-49-46;/h30-31,34-37,44H,4-29,32-33,38-43H2,1-3H3;1H. The highest BCUT2D eigenvalue weighted by molar-refractivity contribution is 5.94. The van der Waals surface area contributed by atoms with E-state index in [0.29, 0.717) is 18.7 Å². The zero-order valence-electron chi connectivity index (χ0n) is 36.1. The zero-order valence-corrected chi connectivity index (χ0v) is 36.9. The minimum absolute atomic E-state index is 0. The average Bonchev–Trinajstić information content (AvgIpc) is 3.20. The molecule has 2 heterocycles. The summed E-state index contributed by atoms with van der Waals surface area (Å²) in [4.78, 5) is 21.5. The molecule has 2 rings (SSSR count). The number of nitrogens with zero attached hydrogens (tertiary/aromatic N) is 3. The monoisotopic (exact) mass is 785 g/mol. The predicted molar refractivity (Wildman–Crippen MR) is 232 cm³/mol. The summed E-state index contributed by atoms with van der Waals surface area (Å²) in [6.45, 7) is 9.91. The number of likely N-dealkylation sites (N-methyl/N-ethyl adjacent to an activating group) is 1. The van der Waals surface area contributed by atoms with Crippen LogP contribution in [0, 0.1) is 0 Å². The van der Waals surface area contributed by atoms with Gasteiger partial charge in [0.15, 0.2) is 0 Å². The van der Waals surface area contributed by atoms with Crippen LogP contribution in [0.5, 0.6) is 0 Å². The van der Waals surface area contributed by atoms with Crippen molar-refractivity contribution in [3.8, 4) is 11.4 Å². The molecule has 2 aromatic heterocycles. The molecule has 1 N–H and O–H groups in total. The van der Waals surface area contributed by atoms with Gasteiger partial charge in [0.1, 0.15) is 6.54 Å². The van der Waals surface area contributed by atoms with E-state index in [9.17, 15) is 4.79 Å². The zero-order chi connectivity index (χ0) is 38.6. The second-order valence-corrected chi connectivity index (χ2v) is 16.5. The number of aromatic nitrogens is 2. The fraction of sp³-hybridized carbons (Fsp3) is 0.771. The van der Waals surface area contributed by atoms with Crippen LogP contribution in [0.4, 0.5) is 0 Å². The summed E-state index contributed by atoms with van der Waals surface area (Å²) in [5.74, 6) is -0.116. The van der Waals surface area contributed by atoms with Crippen molar-refractivity contribution >= 4 is 5.91 Å². The van der Waals surface area contributed by atoms with Crippen LogP contribution < -0.4 is 17.7 Å². The Bertz CT molecular complexity index is 1080. The number of hydrogen-bond acceptors (Lipinski definition) is 4. The van der Waals surface area contributed by atoms with E-state index in [1.54, 1.807) is 12.4 Å². The molecule has 0 saturated heterocycles. The largest absolute Gasteiger partial charge is 1.00 e. The molecule has 0 atom stereocenters. The molecule has 0 aromatic carbocycles. The van der Waals surface area contributed by atoms with Crippen LogP contribution in [0.3, 0.4) is 0 Å². The van der Waals surface area contributed by atoms with Crippen LogP contribution in [0.25, 0.3) is 11.4 Å². The van der Waals surface area contributed by atoms with Gasteiger partial charge in [0.2, 0.25) is 0 Å². The average molecular weight is 786 g/mol. The molecule has 316 valence electrons. The van der Waals surface area contributed by atoms with Gasteiger partial charge in [-0.05, 0) is 49.9 Å². The molecule has 0 bridgehead atoms. The highest BCUT2D eigenvalue weighted by Crippen LogP contribution is 2.17. The molecule has 1 amide bonds. The van der Waals surface area contributed by atoms with Crippen LogP contribution >= 0.6 is 0 Å². The number of carbonyl (C=O) groups excluding carboxylic acids is 1. The third-order valence-electron chi connectivity index (χ3n) is 11.4. The van der Waals surface area contributed by atoms with Gasteiger partial charge in [0.05, 0.1) is 50.3 Å². The van der Waals surface area contributed by atoms with Gasteiger partial charge >= 0.3 is 0 Å². The van der Waals surface area contributed by atoms with Crippen molar-refractivity contribution in [2.45, 2.75) is 194 Å². The molecule has 0 radical (unpaired) electrons. The first-order chi connectivity index (χ1) is 26.6. The van der Waals surface area contributed by atoms with Crippen LogP contribution in [0.15, 0.2) is 42.7 Å². The van der Waals surface area contributed by atoms with E-state index in [1.165, 1.54) is 193 Å². The number of halogens is 1. The number of ether oxygens (including phenoxy) is 1. The maximum Gasteiger partial charge on any atom is 0.252 e. The first kappa shape index (κ1) is 51.0. The summed E-state index contributed by atoms with van der Waals surface area (Å²) < 4.78 is 7.19. The van der Waals surface area contributed by atoms with Crippen molar-refractivity contribution in [2.24, 2.45) is 0 Å². The first-order valence-electron chi connectivity index (χ1n) is 23.1. The molecule has 0 unspecified atom stereocenters. The quantitative estimate of drug-likeness (QED) is 0.0544. The van der Waals surface area contributed by atoms with E-state index in [0.717, 1.165) is 29.0 Å². The molecule has 2 aromatic rings. The minimum Gasteiger partial charge on any atom is -1.00 e. The molecule has 0 aliphatic rings. The molecule has 0 aliphatic carbocycles. The topological polar surface area (TPSA) is 64.1 Å². The highest BCUT2D eigenvalue weighted by atomic mass is 35.5. The van der Waals surface area contributed by atoms with Gasteiger partial charge in [0.25, 0.3) is 5.91 Å². The summed E-state index contributed by atoms with van der Waals surface area (Å²) in [7, 11) is 2.46. The van der Waals surface area contributed by atoms with Gasteiger partial charge in [-0.25, -0.2) is 0 Å². The van der Waals surface area contributed by atoms with Gasteiger partial charge in [-0.2, -0.15) is 0 Å². The lowest BCUT2D eigenvalue weighted by Crippen LogP contribution is -3.00. The second-order valence-electron chi connectivity index (χ2n) is 16.5. The SMILES string of the molecule is CCCCCCCCCCCCCCCC[N+](C)(CCCCCCCCCCCCCCCC)CCOCCNC(=O)c1ccc(-c2ccccn2)nc1.[Cl-]. The van der Waals surface area contributed by atoms with Gasteiger partial charge in [-0.15, -0.1) is 0 Å². The Morgan fingerprint density at radius 1 is 0.545 bits per heavy atom. The maximum atomic E-state index is 12.7. The first-order valence-corrected chi connectivity index (χ1v) is 23.1. The molecule has 7 heteroatoms. The Hall–Kier alpha value is -2.02. The fourth-order valence-electron chi connectivity index (χ4n) is 7.63. The van der Waals surface area contributed by atoms with E-state index >= 15 is 0 Å². The maximum absolute atomic E-state index is 12.7. The molecule has 0 saturated carbocycles. The molecular weight excluding hydrogens is 700 g/mol.